The third kappa shape index (κ3) is 4.21. The fraction of sp³-hybridized carbons (Fsp3) is 0.188. The van der Waals surface area contributed by atoms with Crippen LogP contribution >= 0.6 is 0 Å². The molecule has 110 valence electrons. The predicted octanol–water partition coefficient (Wildman–Crippen LogP) is 3.32. The third-order valence-corrected chi connectivity index (χ3v) is 2.91. The Labute approximate surface area is 122 Å². The molecule has 2 rings (SSSR count). The summed E-state index contributed by atoms with van der Waals surface area (Å²) in [5.41, 5.74) is 1.63. The predicted molar refractivity (Wildman–Crippen MR) is 78.5 cm³/mol. The van der Waals surface area contributed by atoms with Crippen molar-refractivity contribution in [1.29, 1.82) is 0 Å². The van der Waals surface area contributed by atoms with Crippen LogP contribution in [0.15, 0.2) is 42.5 Å². The Morgan fingerprint density at radius 2 is 1.95 bits per heavy atom. The van der Waals surface area contributed by atoms with E-state index in [1.165, 1.54) is 18.2 Å². The highest BCUT2D eigenvalue weighted by atomic mass is 19.1. The molecule has 0 aliphatic carbocycles. The maximum atomic E-state index is 13.5. The lowest BCUT2D eigenvalue weighted by molar-refractivity contribution is 0.0697. The Kier molecular flexibility index (Phi) is 4.77. The van der Waals surface area contributed by atoms with Crippen LogP contribution < -0.4 is 10.1 Å². The molecule has 0 amide bonds. The maximum absolute atomic E-state index is 13.5. The fourth-order valence-electron chi connectivity index (χ4n) is 1.82. The Morgan fingerprint density at radius 3 is 2.62 bits per heavy atom. The van der Waals surface area contributed by atoms with Gasteiger partial charge in [0.25, 0.3) is 0 Å². The second kappa shape index (κ2) is 6.74. The highest BCUT2D eigenvalue weighted by Crippen LogP contribution is 2.15. The molecule has 0 atom stereocenters. The zero-order valence-corrected chi connectivity index (χ0v) is 11.6. The molecule has 5 heteroatoms. The second-order valence-corrected chi connectivity index (χ2v) is 4.59. The lowest BCUT2D eigenvalue weighted by Crippen LogP contribution is -2.12. The van der Waals surface area contributed by atoms with Gasteiger partial charge in [-0.2, -0.15) is 0 Å². The molecule has 0 spiro atoms. The molecule has 0 fully saturated rings. The zero-order valence-electron chi connectivity index (χ0n) is 11.6. The van der Waals surface area contributed by atoms with Crippen LogP contribution in [-0.2, 0) is 0 Å². The summed E-state index contributed by atoms with van der Waals surface area (Å²) in [5.74, 6) is -0.698. The van der Waals surface area contributed by atoms with Crippen LogP contribution in [-0.4, -0.2) is 24.2 Å². The molecule has 2 N–H and O–H groups in total. The largest absolute Gasteiger partial charge is 0.492 e. The summed E-state index contributed by atoms with van der Waals surface area (Å²) >= 11 is 0. The van der Waals surface area contributed by atoms with E-state index in [0.717, 1.165) is 5.56 Å². The van der Waals surface area contributed by atoms with Crippen molar-refractivity contribution in [3.05, 3.63) is 59.4 Å². The number of benzene rings is 2. The first-order valence-corrected chi connectivity index (χ1v) is 6.52. The van der Waals surface area contributed by atoms with Crippen LogP contribution in [0.25, 0.3) is 0 Å². The van der Waals surface area contributed by atoms with Gasteiger partial charge in [-0.05, 0) is 48.9 Å². The minimum absolute atomic E-state index is 0.210. The molecule has 21 heavy (non-hydrogen) atoms. The summed E-state index contributed by atoms with van der Waals surface area (Å²) in [6.07, 6.45) is 0. The van der Waals surface area contributed by atoms with Crippen molar-refractivity contribution in [1.82, 2.24) is 0 Å². The van der Waals surface area contributed by atoms with Gasteiger partial charge in [0.05, 0.1) is 11.3 Å². The first kappa shape index (κ1) is 14.8. The van der Waals surface area contributed by atoms with Gasteiger partial charge in [-0.15, -0.1) is 0 Å². The Hall–Kier alpha value is -2.56. The number of nitrogens with one attached hydrogen (secondary N) is 1. The molecule has 0 aromatic heterocycles. The van der Waals surface area contributed by atoms with Crippen LogP contribution in [0.4, 0.5) is 10.1 Å². The van der Waals surface area contributed by atoms with Crippen molar-refractivity contribution in [2.45, 2.75) is 6.92 Å². The number of aromatic carboxylic acids is 1. The summed E-state index contributed by atoms with van der Waals surface area (Å²) in [5, 5.41) is 11.7. The number of aryl methyl sites for hydroxylation is 1. The molecular formula is C16H16FNO3. The number of hydrogen-bond donors (Lipinski definition) is 2. The van der Waals surface area contributed by atoms with Gasteiger partial charge in [0.2, 0.25) is 0 Å². The number of anilines is 1. The standard InChI is InChI=1S/C16H16FNO3/c1-11-2-7-14(17)15(10-11)18-8-9-21-13-5-3-12(4-6-13)16(19)20/h2-7,10,18H,8-9H2,1H3,(H,19,20). The van der Waals surface area contributed by atoms with E-state index in [-0.39, 0.29) is 11.4 Å². The molecule has 2 aromatic rings. The van der Waals surface area contributed by atoms with E-state index in [1.807, 2.05) is 6.92 Å². The molecule has 0 aliphatic rings. The van der Waals surface area contributed by atoms with E-state index in [1.54, 1.807) is 24.3 Å². The number of ether oxygens (including phenoxy) is 1. The average Bonchev–Trinajstić information content (AvgIpc) is 2.47. The second-order valence-electron chi connectivity index (χ2n) is 4.59. The van der Waals surface area contributed by atoms with Crippen molar-refractivity contribution in [2.24, 2.45) is 0 Å². The quantitative estimate of drug-likeness (QED) is 0.801. The van der Waals surface area contributed by atoms with Crippen LogP contribution in [0, 0.1) is 12.7 Å². The van der Waals surface area contributed by atoms with Gasteiger partial charge in [0.1, 0.15) is 18.2 Å². The van der Waals surface area contributed by atoms with Crippen LogP contribution in [0.1, 0.15) is 15.9 Å². The number of carboxylic acid groups (broad SMARTS) is 1. The summed E-state index contributed by atoms with van der Waals surface area (Å²) in [7, 11) is 0. The van der Waals surface area contributed by atoms with E-state index < -0.39 is 5.97 Å². The summed E-state index contributed by atoms with van der Waals surface area (Å²) in [4.78, 5) is 10.7. The van der Waals surface area contributed by atoms with E-state index in [9.17, 15) is 9.18 Å². The Bertz CT molecular complexity index is 626. The maximum Gasteiger partial charge on any atom is 0.335 e. The topological polar surface area (TPSA) is 58.6 Å². The number of carbonyl (C=O) groups is 1. The van der Waals surface area contributed by atoms with Crippen molar-refractivity contribution >= 4 is 11.7 Å². The molecule has 0 saturated heterocycles. The minimum atomic E-state index is -0.974. The molecule has 0 radical (unpaired) electrons. The average molecular weight is 289 g/mol. The molecule has 0 aliphatic heterocycles. The fourth-order valence-corrected chi connectivity index (χ4v) is 1.82. The van der Waals surface area contributed by atoms with Gasteiger partial charge in [-0.25, -0.2) is 9.18 Å². The normalized spacial score (nSPS) is 10.2. The highest BCUT2D eigenvalue weighted by Gasteiger charge is 2.03. The number of rotatable bonds is 6. The van der Waals surface area contributed by atoms with E-state index in [0.29, 0.717) is 24.6 Å². The minimum Gasteiger partial charge on any atom is -0.492 e. The monoisotopic (exact) mass is 289 g/mol. The SMILES string of the molecule is Cc1ccc(F)c(NCCOc2ccc(C(=O)O)cc2)c1. The van der Waals surface area contributed by atoms with Gasteiger partial charge >= 0.3 is 5.97 Å². The number of hydrogen-bond acceptors (Lipinski definition) is 3. The molecule has 0 heterocycles. The third-order valence-electron chi connectivity index (χ3n) is 2.91. The first-order valence-electron chi connectivity index (χ1n) is 6.52. The molecule has 0 unspecified atom stereocenters. The van der Waals surface area contributed by atoms with Crippen molar-refractivity contribution in [2.75, 3.05) is 18.5 Å². The number of halogens is 1. The van der Waals surface area contributed by atoms with Gasteiger partial charge in [0, 0.05) is 6.54 Å². The molecular weight excluding hydrogens is 273 g/mol. The first-order chi connectivity index (χ1) is 10.1. The van der Waals surface area contributed by atoms with Crippen molar-refractivity contribution in [3.8, 4) is 5.75 Å². The number of carboxylic acids is 1. The lowest BCUT2D eigenvalue weighted by Gasteiger charge is -2.10. The van der Waals surface area contributed by atoms with Gasteiger partial charge in [0.15, 0.2) is 0 Å². The molecule has 2 aromatic carbocycles. The van der Waals surface area contributed by atoms with Crippen LogP contribution in [0.2, 0.25) is 0 Å². The lowest BCUT2D eigenvalue weighted by atomic mass is 10.2. The van der Waals surface area contributed by atoms with Gasteiger partial charge < -0.3 is 15.2 Å². The summed E-state index contributed by atoms with van der Waals surface area (Å²) in [6.45, 7) is 2.69. The van der Waals surface area contributed by atoms with Gasteiger partial charge in [-0.1, -0.05) is 6.07 Å². The van der Waals surface area contributed by atoms with E-state index in [4.69, 9.17) is 9.84 Å². The molecule has 4 nitrogen and oxygen atoms in total. The molecule has 0 saturated carbocycles. The highest BCUT2D eigenvalue weighted by molar-refractivity contribution is 5.87. The summed E-state index contributed by atoms with van der Waals surface area (Å²) < 4.78 is 18.9. The van der Waals surface area contributed by atoms with Crippen molar-refractivity contribution in [3.63, 3.8) is 0 Å². The smallest absolute Gasteiger partial charge is 0.335 e. The van der Waals surface area contributed by atoms with E-state index >= 15 is 0 Å². The zero-order chi connectivity index (χ0) is 15.2. The van der Waals surface area contributed by atoms with Gasteiger partial charge in [-0.3, -0.25) is 0 Å². The van der Waals surface area contributed by atoms with Crippen LogP contribution in [0.3, 0.4) is 0 Å². The Morgan fingerprint density at radius 1 is 1.24 bits per heavy atom. The summed E-state index contributed by atoms with van der Waals surface area (Å²) in [6, 6.07) is 11.0. The van der Waals surface area contributed by atoms with E-state index in [2.05, 4.69) is 5.32 Å². The molecule has 0 bridgehead atoms. The van der Waals surface area contributed by atoms with Crippen molar-refractivity contribution < 1.29 is 19.0 Å². The Balaban J connectivity index is 1.81. The van der Waals surface area contributed by atoms with Crippen LogP contribution in [0.5, 0.6) is 5.75 Å².